The van der Waals surface area contributed by atoms with Gasteiger partial charge in [0.1, 0.15) is 0 Å². The highest BCUT2D eigenvalue weighted by atomic mass is 16.5. The molecule has 1 aliphatic heterocycles. The summed E-state index contributed by atoms with van der Waals surface area (Å²) >= 11 is 0. The van der Waals surface area contributed by atoms with E-state index in [0.717, 1.165) is 4.90 Å². The second kappa shape index (κ2) is 10.5. The lowest BCUT2D eigenvalue weighted by Crippen LogP contribution is -3.15. The van der Waals surface area contributed by atoms with E-state index in [-0.39, 0.29) is 18.4 Å². The van der Waals surface area contributed by atoms with E-state index in [1.54, 1.807) is 30.0 Å². The summed E-state index contributed by atoms with van der Waals surface area (Å²) in [4.78, 5) is 38.4. The van der Waals surface area contributed by atoms with Crippen molar-refractivity contribution in [2.24, 2.45) is 0 Å². The summed E-state index contributed by atoms with van der Waals surface area (Å²) in [6.07, 6.45) is 0. The average molecular weight is 393 g/mol. The Morgan fingerprint density at radius 2 is 1.71 bits per heavy atom. The summed E-state index contributed by atoms with van der Waals surface area (Å²) in [7, 11) is 0. The highest BCUT2D eigenvalue weighted by Crippen LogP contribution is 2.30. The molecule has 1 heterocycles. The van der Waals surface area contributed by atoms with Crippen LogP contribution in [-0.4, -0.2) is 68.7 Å². The zero-order valence-electron chi connectivity index (χ0n) is 16.7. The van der Waals surface area contributed by atoms with Crippen LogP contribution >= 0.6 is 0 Å². The van der Waals surface area contributed by atoms with E-state index in [4.69, 9.17) is 9.47 Å². The molecule has 1 aliphatic rings. The fourth-order valence-electron chi connectivity index (χ4n) is 3.00. The molecular weight excluding hydrogens is 364 g/mol. The topological polar surface area (TPSA) is 101 Å². The molecule has 0 radical (unpaired) electrons. The number of amides is 4. The molecule has 0 atom stereocenters. The van der Waals surface area contributed by atoms with Gasteiger partial charge < -0.3 is 24.6 Å². The van der Waals surface area contributed by atoms with E-state index in [1.807, 2.05) is 13.8 Å². The molecule has 28 heavy (non-hydrogen) atoms. The highest BCUT2D eigenvalue weighted by molar-refractivity contribution is 6.01. The molecule has 0 spiro atoms. The number of imide groups is 1. The minimum atomic E-state index is -0.599. The van der Waals surface area contributed by atoms with Gasteiger partial charge in [0.2, 0.25) is 5.91 Å². The van der Waals surface area contributed by atoms with Crippen molar-refractivity contribution < 1.29 is 28.8 Å². The summed E-state index contributed by atoms with van der Waals surface area (Å²) in [5.74, 6) is 0.811. The van der Waals surface area contributed by atoms with E-state index in [9.17, 15) is 14.4 Å². The first-order valence-electron chi connectivity index (χ1n) is 9.52. The molecule has 1 saturated heterocycles. The van der Waals surface area contributed by atoms with Crippen LogP contribution in [0.1, 0.15) is 20.8 Å². The van der Waals surface area contributed by atoms with Gasteiger partial charge in [-0.1, -0.05) is 0 Å². The van der Waals surface area contributed by atoms with Gasteiger partial charge in [0.15, 0.2) is 18.0 Å². The maximum absolute atomic E-state index is 12.1. The molecule has 1 fully saturated rings. The Morgan fingerprint density at radius 1 is 1.07 bits per heavy atom. The largest absolute Gasteiger partial charge is 0.490 e. The Hall–Kier alpha value is -2.81. The van der Waals surface area contributed by atoms with Crippen molar-refractivity contribution in [2.75, 3.05) is 51.3 Å². The van der Waals surface area contributed by atoms with E-state index < -0.39 is 6.03 Å². The van der Waals surface area contributed by atoms with Gasteiger partial charge in [-0.3, -0.25) is 14.9 Å². The molecule has 154 valence electrons. The first-order chi connectivity index (χ1) is 13.4. The number of benzene rings is 1. The van der Waals surface area contributed by atoms with Gasteiger partial charge in [-0.05, 0) is 26.0 Å². The SMILES string of the molecule is CCOc1ccc(NC(=O)NC(=O)C[NH+]2CCN(C(C)=O)CC2)cc1OCC. The molecule has 3 N–H and O–H groups in total. The van der Waals surface area contributed by atoms with E-state index >= 15 is 0 Å². The second-order valence-corrected chi connectivity index (χ2v) is 6.46. The molecule has 1 aromatic carbocycles. The van der Waals surface area contributed by atoms with Gasteiger partial charge >= 0.3 is 6.03 Å². The van der Waals surface area contributed by atoms with Gasteiger partial charge in [-0.15, -0.1) is 0 Å². The Balaban J connectivity index is 1.83. The zero-order chi connectivity index (χ0) is 20.5. The number of rotatable bonds is 7. The maximum atomic E-state index is 12.1. The van der Waals surface area contributed by atoms with Crippen molar-refractivity contribution in [1.82, 2.24) is 10.2 Å². The first-order valence-corrected chi connectivity index (χ1v) is 9.52. The molecule has 1 aromatic rings. The average Bonchev–Trinajstić information content (AvgIpc) is 2.64. The Bertz CT molecular complexity index is 702. The molecule has 0 saturated carbocycles. The summed E-state index contributed by atoms with van der Waals surface area (Å²) in [5, 5.41) is 4.97. The zero-order valence-corrected chi connectivity index (χ0v) is 16.7. The number of urea groups is 1. The van der Waals surface area contributed by atoms with Crippen molar-refractivity contribution in [3.05, 3.63) is 18.2 Å². The van der Waals surface area contributed by atoms with Crippen LogP contribution in [0.3, 0.4) is 0 Å². The molecule has 4 amide bonds. The third-order valence-electron chi connectivity index (χ3n) is 4.38. The number of nitrogens with zero attached hydrogens (tertiary/aromatic N) is 1. The van der Waals surface area contributed by atoms with Crippen LogP contribution in [0.15, 0.2) is 18.2 Å². The minimum absolute atomic E-state index is 0.0460. The van der Waals surface area contributed by atoms with Crippen LogP contribution in [0.2, 0.25) is 0 Å². The molecular formula is C19H29N4O5+. The second-order valence-electron chi connectivity index (χ2n) is 6.46. The first kappa shape index (κ1) is 21.5. The monoisotopic (exact) mass is 393 g/mol. The summed E-state index contributed by atoms with van der Waals surface area (Å²) < 4.78 is 11.0. The van der Waals surface area contributed by atoms with E-state index in [1.165, 1.54) is 0 Å². The fourth-order valence-corrected chi connectivity index (χ4v) is 3.00. The number of carbonyl (C=O) groups excluding carboxylic acids is 3. The van der Waals surface area contributed by atoms with Crippen molar-refractivity contribution in [3.63, 3.8) is 0 Å². The predicted molar refractivity (Wildman–Crippen MR) is 104 cm³/mol. The van der Waals surface area contributed by atoms with Crippen molar-refractivity contribution in [1.29, 1.82) is 0 Å². The van der Waals surface area contributed by atoms with Gasteiger partial charge in [-0.2, -0.15) is 0 Å². The van der Waals surface area contributed by atoms with Gasteiger partial charge in [0, 0.05) is 18.7 Å². The van der Waals surface area contributed by atoms with Crippen LogP contribution in [0, 0.1) is 0 Å². The van der Waals surface area contributed by atoms with E-state index in [0.29, 0.717) is 56.6 Å². The third-order valence-corrected chi connectivity index (χ3v) is 4.38. The van der Waals surface area contributed by atoms with Crippen molar-refractivity contribution in [2.45, 2.75) is 20.8 Å². The molecule has 9 nitrogen and oxygen atoms in total. The quantitative estimate of drug-likeness (QED) is 0.600. The lowest BCUT2D eigenvalue weighted by Gasteiger charge is -2.31. The van der Waals surface area contributed by atoms with Crippen molar-refractivity contribution in [3.8, 4) is 11.5 Å². The number of anilines is 1. The summed E-state index contributed by atoms with van der Waals surface area (Å²) in [6, 6.07) is 4.46. The van der Waals surface area contributed by atoms with Crippen LogP contribution in [0.4, 0.5) is 10.5 Å². The lowest BCUT2D eigenvalue weighted by atomic mass is 10.2. The van der Waals surface area contributed by atoms with Crippen LogP contribution < -0.4 is 25.0 Å². The van der Waals surface area contributed by atoms with Crippen LogP contribution in [0.25, 0.3) is 0 Å². The fraction of sp³-hybridized carbons (Fsp3) is 0.526. The van der Waals surface area contributed by atoms with E-state index in [2.05, 4.69) is 10.6 Å². The standard InChI is InChI=1S/C19H28N4O5/c1-4-27-16-7-6-15(12-17(16)28-5-2)20-19(26)21-18(25)13-22-8-10-23(11-9-22)14(3)24/h6-7,12H,4-5,8-11,13H2,1-3H3,(H2,20,21,25,26)/p+1. The number of hydrogen-bond donors (Lipinski definition) is 3. The normalized spacial score (nSPS) is 14.3. The van der Waals surface area contributed by atoms with Crippen LogP contribution in [-0.2, 0) is 9.59 Å². The maximum Gasteiger partial charge on any atom is 0.326 e. The summed E-state index contributed by atoms with van der Waals surface area (Å²) in [6.45, 7) is 9.05. The number of carbonyl (C=O) groups is 3. The number of quaternary nitrogens is 1. The Kier molecular flexibility index (Phi) is 8.06. The predicted octanol–water partition coefficient (Wildman–Crippen LogP) is -0.121. The number of ether oxygens (including phenoxy) is 2. The number of piperazine rings is 1. The summed E-state index contributed by atoms with van der Waals surface area (Å²) in [5.41, 5.74) is 0.500. The number of nitrogens with one attached hydrogen (secondary N) is 3. The molecule has 0 unspecified atom stereocenters. The van der Waals surface area contributed by atoms with Gasteiger partial charge in [0.05, 0.1) is 39.4 Å². The molecule has 0 aliphatic carbocycles. The lowest BCUT2D eigenvalue weighted by molar-refractivity contribution is -0.896. The third kappa shape index (κ3) is 6.41. The minimum Gasteiger partial charge on any atom is -0.490 e. The smallest absolute Gasteiger partial charge is 0.326 e. The molecule has 9 heteroatoms. The van der Waals surface area contributed by atoms with Crippen molar-refractivity contribution >= 4 is 23.5 Å². The Morgan fingerprint density at radius 3 is 2.32 bits per heavy atom. The number of hydrogen-bond acceptors (Lipinski definition) is 5. The van der Waals surface area contributed by atoms with Gasteiger partial charge in [0.25, 0.3) is 5.91 Å². The molecule has 0 aromatic heterocycles. The Labute approximate surface area is 165 Å². The van der Waals surface area contributed by atoms with Gasteiger partial charge in [-0.25, -0.2) is 4.79 Å². The molecule has 2 rings (SSSR count). The van der Waals surface area contributed by atoms with Crippen LogP contribution in [0.5, 0.6) is 11.5 Å². The highest BCUT2D eigenvalue weighted by Gasteiger charge is 2.24. The molecule has 0 bridgehead atoms.